The van der Waals surface area contributed by atoms with Crippen LogP contribution in [-0.4, -0.2) is 42.7 Å². The van der Waals surface area contributed by atoms with Crippen LogP contribution in [-0.2, 0) is 21.2 Å². The Morgan fingerprint density at radius 3 is 2.50 bits per heavy atom. The van der Waals surface area contributed by atoms with Gasteiger partial charge in [-0.15, -0.1) is 0 Å². The molecule has 0 radical (unpaired) electrons. The first kappa shape index (κ1) is 19.9. The second-order valence-corrected chi connectivity index (χ2v) is 7.76. The third-order valence-electron chi connectivity index (χ3n) is 3.33. The van der Waals surface area contributed by atoms with Crippen molar-refractivity contribution in [3.05, 3.63) is 53.7 Å². The van der Waals surface area contributed by atoms with Crippen molar-refractivity contribution in [3.8, 4) is 0 Å². The largest absolute Gasteiger partial charge is 0.478 e. The Hall–Kier alpha value is -2.43. The minimum absolute atomic E-state index is 0.0336. The molecule has 138 valence electrons. The van der Waals surface area contributed by atoms with E-state index >= 15 is 0 Å². The lowest BCUT2D eigenvalue weighted by Gasteiger charge is -2.07. The van der Waals surface area contributed by atoms with E-state index in [9.17, 15) is 18.0 Å². The molecule has 0 aliphatic heterocycles. The van der Waals surface area contributed by atoms with Gasteiger partial charge in [-0.05, 0) is 36.2 Å². The third kappa shape index (κ3) is 5.83. The number of hydrogen-bond acceptors (Lipinski definition) is 6. The number of amides is 1. The van der Waals surface area contributed by atoms with Crippen LogP contribution in [0.25, 0.3) is 0 Å². The molecule has 0 saturated carbocycles. The maximum Gasteiger partial charge on any atom is 0.338 e. The van der Waals surface area contributed by atoms with Crippen molar-refractivity contribution in [2.24, 2.45) is 5.14 Å². The Bertz CT molecular complexity index is 898. The predicted octanol–water partition coefficient (Wildman–Crippen LogP) is 0.878. The van der Waals surface area contributed by atoms with E-state index in [2.05, 4.69) is 10.3 Å². The lowest BCUT2D eigenvalue weighted by atomic mass is 10.1. The fourth-order valence-corrected chi connectivity index (χ4v) is 3.38. The first-order valence-electron chi connectivity index (χ1n) is 7.47. The maximum atomic E-state index is 11.9. The lowest BCUT2D eigenvalue weighted by molar-refractivity contribution is -0.118. The van der Waals surface area contributed by atoms with E-state index in [4.69, 9.17) is 10.2 Å². The van der Waals surface area contributed by atoms with Crippen LogP contribution in [0, 0.1) is 0 Å². The molecule has 0 unspecified atom stereocenters. The molecule has 2 rings (SSSR count). The molecular weight excluding hydrogens is 378 g/mol. The van der Waals surface area contributed by atoms with Crippen LogP contribution in [0.5, 0.6) is 0 Å². The molecule has 2 aromatic rings. The van der Waals surface area contributed by atoms with Crippen LogP contribution in [0.4, 0.5) is 0 Å². The minimum atomic E-state index is -3.72. The van der Waals surface area contributed by atoms with E-state index in [1.165, 1.54) is 30.5 Å². The number of primary sulfonamides is 1. The Morgan fingerprint density at radius 2 is 1.88 bits per heavy atom. The van der Waals surface area contributed by atoms with Crippen molar-refractivity contribution in [2.45, 2.75) is 16.3 Å². The van der Waals surface area contributed by atoms with E-state index in [1.54, 1.807) is 12.1 Å². The summed E-state index contributed by atoms with van der Waals surface area (Å²) in [6.07, 6.45) is 1.99. The fourth-order valence-electron chi connectivity index (χ4n) is 2.05. The van der Waals surface area contributed by atoms with Gasteiger partial charge in [0.25, 0.3) is 0 Å². The smallest absolute Gasteiger partial charge is 0.338 e. The number of nitrogens with two attached hydrogens (primary N) is 1. The van der Waals surface area contributed by atoms with Crippen LogP contribution in [0.1, 0.15) is 15.9 Å². The molecule has 0 aliphatic rings. The summed E-state index contributed by atoms with van der Waals surface area (Å²) in [6.45, 7) is 0.363. The van der Waals surface area contributed by atoms with E-state index in [-0.39, 0.29) is 27.1 Å². The zero-order chi connectivity index (χ0) is 19.2. The summed E-state index contributed by atoms with van der Waals surface area (Å²) in [5, 5.41) is 17.1. The van der Waals surface area contributed by atoms with Gasteiger partial charge in [-0.1, -0.05) is 23.9 Å². The average Bonchev–Trinajstić information content (AvgIpc) is 2.60. The number of nitrogens with one attached hydrogen (secondary N) is 1. The molecule has 10 heteroatoms. The maximum absolute atomic E-state index is 11.9. The van der Waals surface area contributed by atoms with Gasteiger partial charge in [0.05, 0.1) is 16.2 Å². The molecule has 0 atom stereocenters. The van der Waals surface area contributed by atoms with Crippen LogP contribution >= 0.6 is 11.8 Å². The van der Waals surface area contributed by atoms with Crippen LogP contribution in [0.15, 0.2) is 52.5 Å². The van der Waals surface area contributed by atoms with E-state index in [0.29, 0.717) is 13.0 Å². The molecule has 0 bridgehead atoms. The second-order valence-electron chi connectivity index (χ2n) is 5.24. The topological polar surface area (TPSA) is 139 Å². The lowest BCUT2D eigenvalue weighted by Crippen LogP contribution is -2.27. The van der Waals surface area contributed by atoms with E-state index in [1.807, 2.05) is 0 Å². The van der Waals surface area contributed by atoms with Crippen molar-refractivity contribution >= 4 is 33.7 Å². The Labute approximate surface area is 154 Å². The van der Waals surface area contributed by atoms with Crippen molar-refractivity contribution in [1.82, 2.24) is 10.3 Å². The fraction of sp³-hybridized carbons (Fsp3) is 0.188. The SMILES string of the molecule is NS(=O)(=O)c1ccc(CCNC(=O)CSc2ncccc2C(=O)O)cc1. The van der Waals surface area contributed by atoms with E-state index in [0.717, 1.165) is 17.3 Å². The highest BCUT2D eigenvalue weighted by Crippen LogP contribution is 2.19. The van der Waals surface area contributed by atoms with Gasteiger partial charge < -0.3 is 10.4 Å². The summed E-state index contributed by atoms with van der Waals surface area (Å²) in [7, 11) is -3.72. The van der Waals surface area contributed by atoms with Gasteiger partial charge in [0.2, 0.25) is 15.9 Å². The van der Waals surface area contributed by atoms with Gasteiger partial charge >= 0.3 is 5.97 Å². The highest BCUT2D eigenvalue weighted by molar-refractivity contribution is 8.00. The molecule has 1 heterocycles. The van der Waals surface area contributed by atoms with Gasteiger partial charge in [-0.3, -0.25) is 4.79 Å². The number of thioether (sulfide) groups is 1. The number of aromatic nitrogens is 1. The van der Waals surface area contributed by atoms with Crippen LogP contribution in [0.3, 0.4) is 0 Å². The standard InChI is InChI=1S/C16H17N3O5S2/c17-26(23,24)12-5-3-11(4-6-12)7-9-18-14(20)10-25-15-13(16(21)22)2-1-8-19-15/h1-6,8H,7,9-10H2,(H,18,20)(H,21,22)(H2,17,23,24). The Morgan fingerprint density at radius 1 is 1.19 bits per heavy atom. The Kier molecular flexibility index (Phi) is 6.72. The number of hydrogen-bond donors (Lipinski definition) is 3. The number of benzene rings is 1. The number of carboxylic acid groups (broad SMARTS) is 1. The molecular formula is C16H17N3O5S2. The number of sulfonamides is 1. The highest BCUT2D eigenvalue weighted by atomic mass is 32.2. The number of aromatic carboxylic acids is 1. The number of pyridine rings is 1. The molecule has 4 N–H and O–H groups in total. The highest BCUT2D eigenvalue weighted by Gasteiger charge is 2.12. The zero-order valence-electron chi connectivity index (χ0n) is 13.6. The molecule has 1 aromatic carbocycles. The summed E-state index contributed by atoms with van der Waals surface area (Å²) in [6, 6.07) is 9.05. The summed E-state index contributed by atoms with van der Waals surface area (Å²) < 4.78 is 22.4. The first-order valence-corrected chi connectivity index (χ1v) is 10.00. The molecule has 0 spiro atoms. The quantitative estimate of drug-likeness (QED) is 0.564. The van der Waals surface area contributed by atoms with Gasteiger partial charge in [0, 0.05) is 12.7 Å². The number of carboxylic acids is 1. The predicted molar refractivity (Wildman–Crippen MR) is 96.4 cm³/mol. The van der Waals surface area contributed by atoms with Gasteiger partial charge in [0.15, 0.2) is 0 Å². The third-order valence-corrected chi connectivity index (χ3v) is 5.26. The van der Waals surface area contributed by atoms with Gasteiger partial charge in [-0.2, -0.15) is 0 Å². The van der Waals surface area contributed by atoms with E-state index < -0.39 is 16.0 Å². The first-order chi connectivity index (χ1) is 12.3. The number of carbonyl (C=O) groups excluding carboxylic acids is 1. The second kappa shape index (κ2) is 8.79. The van der Waals surface area contributed by atoms with Crippen molar-refractivity contribution in [1.29, 1.82) is 0 Å². The Balaban J connectivity index is 1.80. The average molecular weight is 395 g/mol. The molecule has 1 amide bonds. The number of rotatable bonds is 8. The van der Waals surface area contributed by atoms with Crippen molar-refractivity contribution in [3.63, 3.8) is 0 Å². The van der Waals surface area contributed by atoms with Crippen LogP contribution < -0.4 is 10.5 Å². The van der Waals surface area contributed by atoms with Gasteiger partial charge in [-0.25, -0.2) is 23.3 Å². The van der Waals surface area contributed by atoms with Gasteiger partial charge in [0.1, 0.15) is 5.03 Å². The molecule has 8 nitrogen and oxygen atoms in total. The molecule has 0 saturated heterocycles. The summed E-state index contributed by atoms with van der Waals surface area (Å²) in [5.41, 5.74) is 0.906. The van der Waals surface area contributed by atoms with Crippen LogP contribution in [0.2, 0.25) is 0 Å². The summed E-state index contributed by atoms with van der Waals surface area (Å²) in [4.78, 5) is 27.0. The monoisotopic (exact) mass is 395 g/mol. The number of nitrogens with zero attached hydrogens (tertiary/aromatic N) is 1. The molecule has 1 aromatic heterocycles. The minimum Gasteiger partial charge on any atom is -0.478 e. The molecule has 0 fully saturated rings. The van der Waals surface area contributed by atoms with Crippen molar-refractivity contribution < 1.29 is 23.1 Å². The van der Waals surface area contributed by atoms with Crippen molar-refractivity contribution in [2.75, 3.05) is 12.3 Å². The summed E-state index contributed by atoms with van der Waals surface area (Å²) in [5.74, 6) is -1.30. The molecule has 26 heavy (non-hydrogen) atoms. The summed E-state index contributed by atoms with van der Waals surface area (Å²) >= 11 is 1.05. The normalized spacial score (nSPS) is 11.1. The molecule has 0 aliphatic carbocycles. The zero-order valence-corrected chi connectivity index (χ0v) is 15.2. The number of carbonyl (C=O) groups is 2.